The van der Waals surface area contributed by atoms with Gasteiger partial charge >= 0.3 is 0 Å². The Kier molecular flexibility index (Phi) is 3.15. The van der Waals surface area contributed by atoms with Crippen molar-refractivity contribution in [3.8, 4) is 0 Å². The summed E-state index contributed by atoms with van der Waals surface area (Å²) in [5.41, 5.74) is 0.927. The van der Waals surface area contributed by atoms with E-state index in [-0.39, 0.29) is 11.9 Å². The van der Waals surface area contributed by atoms with Crippen LogP contribution in [0.5, 0.6) is 0 Å². The van der Waals surface area contributed by atoms with Crippen LogP contribution in [0.15, 0.2) is 22.7 Å². The highest BCUT2D eigenvalue weighted by Gasteiger charge is 2.15. The van der Waals surface area contributed by atoms with Crippen molar-refractivity contribution in [2.45, 2.75) is 6.04 Å². The molecular weight excluding hydrogens is 249 g/mol. The first-order valence-corrected chi connectivity index (χ1v) is 5.32. The van der Waals surface area contributed by atoms with E-state index in [0.717, 1.165) is 23.2 Å². The number of rotatable bonds is 1. The Hall–Kier alpha value is -0.450. The van der Waals surface area contributed by atoms with Gasteiger partial charge in [0.2, 0.25) is 0 Å². The topological polar surface area (TPSA) is 21.3 Å². The number of morpholine rings is 1. The number of nitrogens with one attached hydrogen (secondary N) is 1. The van der Waals surface area contributed by atoms with Crippen LogP contribution in [-0.4, -0.2) is 19.8 Å². The quantitative estimate of drug-likeness (QED) is 0.836. The molecule has 1 saturated heterocycles. The number of ether oxygens (including phenoxy) is 1. The summed E-state index contributed by atoms with van der Waals surface area (Å²) in [6.07, 6.45) is 0. The van der Waals surface area contributed by atoms with Crippen LogP contribution in [0.25, 0.3) is 0 Å². The molecule has 1 N–H and O–H groups in total. The molecule has 4 heteroatoms. The number of benzene rings is 1. The molecule has 1 aliphatic rings. The third-order valence-electron chi connectivity index (χ3n) is 2.21. The maximum atomic E-state index is 13.1. The molecule has 76 valence electrons. The zero-order valence-corrected chi connectivity index (χ0v) is 9.18. The normalized spacial score (nSPS) is 22.3. The average Bonchev–Trinajstić information content (AvgIpc) is 2.18. The second kappa shape index (κ2) is 4.38. The van der Waals surface area contributed by atoms with Crippen molar-refractivity contribution in [1.29, 1.82) is 0 Å². The van der Waals surface area contributed by atoms with Crippen molar-refractivity contribution >= 4 is 15.9 Å². The maximum absolute atomic E-state index is 13.1. The highest BCUT2D eigenvalue weighted by Crippen LogP contribution is 2.21. The molecule has 1 aromatic rings. The average molecular weight is 260 g/mol. The van der Waals surface area contributed by atoms with E-state index in [1.54, 1.807) is 0 Å². The molecule has 2 rings (SSSR count). The van der Waals surface area contributed by atoms with E-state index in [4.69, 9.17) is 4.74 Å². The molecule has 0 amide bonds. The minimum atomic E-state index is -0.221. The molecule has 0 aliphatic carbocycles. The first-order chi connectivity index (χ1) is 6.75. The molecule has 0 spiro atoms. The van der Waals surface area contributed by atoms with Gasteiger partial charge in [-0.25, -0.2) is 4.39 Å². The predicted molar refractivity (Wildman–Crippen MR) is 55.7 cm³/mol. The van der Waals surface area contributed by atoms with Crippen molar-refractivity contribution in [1.82, 2.24) is 5.32 Å². The van der Waals surface area contributed by atoms with Gasteiger partial charge in [-0.3, -0.25) is 0 Å². The summed E-state index contributed by atoms with van der Waals surface area (Å²) in [7, 11) is 0. The minimum absolute atomic E-state index is 0.107. The van der Waals surface area contributed by atoms with Gasteiger partial charge in [-0.2, -0.15) is 0 Å². The van der Waals surface area contributed by atoms with E-state index in [0.29, 0.717) is 6.61 Å². The standard InChI is InChI=1S/C10H11BrFNO/c11-8-3-7(4-9(12)5-8)10-6-14-2-1-13-10/h3-5,10,13H,1-2,6H2. The van der Waals surface area contributed by atoms with E-state index < -0.39 is 0 Å². The maximum Gasteiger partial charge on any atom is 0.124 e. The molecule has 1 aromatic carbocycles. The molecule has 14 heavy (non-hydrogen) atoms. The van der Waals surface area contributed by atoms with Crippen LogP contribution < -0.4 is 5.32 Å². The molecule has 0 saturated carbocycles. The minimum Gasteiger partial charge on any atom is -0.378 e. The molecule has 1 unspecified atom stereocenters. The van der Waals surface area contributed by atoms with Crippen LogP contribution in [0.1, 0.15) is 11.6 Å². The first-order valence-electron chi connectivity index (χ1n) is 4.53. The van der Waals surface area contributed by atoms with Crippen LogP contribution >= 0.6 is 15.9 Å². The summed E-state index contributed by atoms with van der Waals surface area (Å²) in [4.78, 5) is 0. The van der Waals surface area contributed by atoms with Gasteiger partial charge in [-0.15, -0.1) is 0 Å². The fraction of sp³-hybridized carbons (Fsp3) is 0.400. The molecule has 2 nitrogen and oxygen atoms in total. The lowest BCUT2D eigenvalue weighted by atomic mass is 10.1. The van der Waals surface area contributed by atoms with Gasteiger partial charge in [0.15, 0.2) is 0 Å². The molecule has 1 atom stereocenters. The molecule has 1 heterocycles. The molecule has 0 radical (unpaired) electrons. The zero-order chi connectivity index (χ0) is 9.97. The van der Waals surface area contributed by atoms with Crippen molar-refractivity contribution in [2.75, 3.05) is 19.8 Å². The predicted octanol–water partition coefficient (Wildman–Crippen LogP) is 2.25. The number of hydrogen-bond donors (Lipinski definition) is 1. The summed E-state index contributed by atoms with van der Waals surface area (Å²) in [6.45, 7) is 2.15. The van der Waals surface area contributed by atoms with E-state index in [1.807, 2.05) is 6.07 Å². The van der Waals surface area contributed by atoms with Crippen LogP contribution in [0.3, 0.4) is 0 Å². The monoisotopic (exact) mass is 259 g/mol. The van der Waals surface area contributed by atoms with E-state index in [2.05, 4.69) is 21.2 Å². The third kappa shape index (κ3) is 2.32. The molecule has 1 aliphatic heterocycles. The lowest BCUT2D eigenvalue weighted by Crippen LogP contribution is -2.34. The Morgan fingerprint density at radius 3 is 2.93 bits per heavy atom. The fourth-order valence-electron chi connectivity index (χ4n) is 1.56. The summed E-state index contributed by atoms with van der Waals surface area (Å²) in [6, 6.07) is 5.01. The summed E-state index contributed by atoms with van der Waals surface area (Å²) >= 11 is 3.27. The summed E-state index contributed by atoms with van der Waals surface area (Å²) in [5.74, 6) is -0.221. The van der Waals surface area contributed by atoms with E-state index >= 15 is 0 Å². The summed E-state index contributed by atoms with van der Waals surface area (Å²) in [5, 5.41) is 3.28. The lowest BCUT2D eigenvalue weighted by molar-refractivity contribution is 0.0768. The Morgan fingerprint density at radius 1 is 1.43 bits per heavy atom. The van der Waals surface area contributed by atoms with Crippen LogP contribution in [-0.2, 0) is 4.74 Å². The van der Waals surface area contributed by atoms with Gasteiger partial charge in [-0.1, -0.05) is 15.9 Å². The third-order valence-corrected chi connectivity index (χ3v) is 2.67. The SMILES string of the molecule is Fc1cc(Br)cc(C2COCCN2)c1. The second-order valence-corrected chi connectivity index (χ2v) is 4.20. The van der Waals surface area contributed by atoms with Crippen molar-refractivity contribution in [2.24, 2.45) is 0 Å². The molecule has 1 fully saturated rings. The van der Waals surface area contributed by atoms with Crippen molar-refractivity contribution in [3.05, 3.63) is 34.1 Å². The Morgan fingerprint density at radius 2 is 2.29 bits per heavy atom. The Balaban J connectivity index is 2.21. The van der Waals surface area contributed by atoms with Gasteiger partial charge in [0.05, 0.1) is 19.3 Å². The molecule has 0 aromatic heterocycles. The zero-order valence-electron chi connectivity index (χ0n) is 7.59. The van der Waals surface area contributed by atoms with E-state index in [9.17, 15) is 4.39 Å². The highest BCUT2D eigenvalue weighted by molar-refractivity contribution is 9.10. The smallest absolute Gasteiger partial charge is 0.124 e. The molecule has 0 bridgehead atoms. The number of halogens is 2. The van der Waals surface area contributed by atoms with Crippen molar-refractivity contribution in [3.63, 3.8) is 0 Å². The first kappa shape index (κ1) is 10.1. The van der Waals surface area contributed by atoms with Crippen LogP contribution in [0, 0.1) is 5.82 Å². The van der Waals surface area contributed by atoms with Gasteiger partial charge in [0.1, 0.15) is 5.82 Å². The van der Waals surface area contributed by atoms with Crippen LogP contribution in [0.2, 0.25) is 0 Å². The van der Waals surface area contributed by atoms with Gasteiger partial charge < -0.3 is 10.1 Å². The van der Waals surface area contributed by atoms with E-state index in [1.165, 1.54) is 12.1 Å². The highest BCUT2D eigenvalue weighted by atomic mass is 79.9. The Bertz CT molecular complexity index is 306. The second-order valence-electron chi connectivity index (χ2n) is 3.28. The van der Waals surface area contributed by atoms with Gasteiger partial charge in [0, 0.05) is 11.0 Å². The lowest BCUT2D eigenvalue weighted by Gasteiger charge is -2.24. The van der Waals surface area contributed by atoms with Gasteiger partial charge in [-0.05, 0) is 23.8 Å². The number of hydrogen-bond acceptors (Lipinski definition) is 2. The van der Waals surface area contributed by atoms with Crippen LogP contribution in [0.4, 0.5) is 4.39 Å². The fourth-order valence-corrected chi connectivity index (χ4v) is 2.04. The van der Waals surface area contributed by atoms with Crippen molar-refractivity contribution < 1.29 is 9.13 Å². The largest absolute Gasteiger partial charge is 0.378 e. The molecular formula is C10H11BrFNO. The van der Waals surface area contributed by atoms with Gasteiger partial charge in [0.25, 0.3) is 0 Å². The Labute approximate surface area is 90.6 Å². The summed E-state index contributed by atoms with van der Waals surface area (Å²) < 4.78 is 19.2.